The Morgan fingerprint density at radius 2 is 1.73 bits per heavy atom. The summed E-state index contributed by atoms with van der Waals surface area (Å²) in [6.07, 6.45) is 9.21. The fraction of sp³-hybridized carbons (Fsp3) is 0.450. The number of nitrogens with two attached hydrogens (primary N) is 1. The number of amides is 1. The summed E-state index contributed by atoms with van der Waals surface area (Å²) in [5.74, 6) is 0. The van der Waals surface area contributed by atoms with Gasteiger partial charge in [-0.3, -0.25) is 4.79 Å². The van der Waals surface area contributed by atoms with E-state index in [0.29, 0.717) is 0 Å². The van der Waals surface area contributed by atoms with Crippen LogP contribution in [0.5, 0.6) is 0 Å². The largest absolute Gasteiger partial charge is 0.456 e. The van der Waals surface area contributed by atoms with E-state index in [1.165, 1.54) is 78.4 Å². The van der Waals surface area contributed by atoms with Gasteiger partial charge < -0.3 is 20.0 Å². The smallest absolute Gasteiger partial charge is 0.204 e. The quantitative estimate of drug-likeness (QED) is 0.561. The first kappa shape index (κ1) is 18.9. The second-order valence-electron chi connectivity index (χ2n) is 7.29. The molecule has 0 spiro atoms. The van der Waals surface area contributed by atoms with Gasteiger partial charge in [0.2, 0.25) is 6.41 Å². The summed E-state index contributed by atoms with van der Waals surface area (Å²) in [4.78, 5) is 8.58. The zero-order chi connectivity index (χ0) is 18.7. The van der Waals surface area contributed by atoms with Gasteiger partial charge in [0.25, 0.3) is 0 Å². The molecule has 4 rings (SSSR count). The minimum absolute atomic E-state index is 0.250. The Balaban J connectivity index is 0.000000613. The van der Waals surface area contributed by atoms with E-state index in [9.17, 15) is 5.11 Å². The average Bonchev–Trinajstić information content (AvgIpc) is 3.31. The molecule has 0 radical (unpaired) electrons. The van der Waals surface area contributed by atoms with Gasteiger partial charge >= 0.3 is 0 Å². The van der Waals surface area contributed by atoms with Gasteiger partial charge in [0.05, 0.1) is 17.6 Å². The van der Waals surface area contributed by atoms with Crippen LogP contribution in [0, 0.1) is 0 Å². The first-order valence-corrected chi connectivity index (χ1v) is 9.81. The number of aryl methyl sites for hydroxylation is 2. The van der Waals surface area contributed by atoms with Crippen LogP contribution >= 0.6 is 11.9 Å². The molecule has 2 aliphatic rings. The van der Waals surface area contributed by atoms with Crippen molar-refractivity contribution in [3.8, 4) is 0 Å². The predicted octanol–water partition coefficient (Wildman–Crippen LogP) is 3.71. The van der Waals surface area contributed by atoms with Crippen LogP contribution in [0.25, 0.3) is 0 Å². The molecule has 0 unspecified atom stereocenters. The molecule has 0 atom stereocenters. The summed E-state index contributed by atoms with van der Waals surface area (Å²) in [7, 11) is 0. The average molecular weight is 375 g/mol. The Labute approximate surface area is 158 Å². The number of fused-ring (bicyclic) bond motifs is 2. The minimum Gasteiger partial charge on any atom is -0.456 e. The number of rotatable bonds is 4. The third-order valence-electron chi connectivity index (χ3n) is 5.01. The highest BCUT2D eigenvalue weighted by molar-refractivity contribution is 8.00. The van der Waals surface area contributed by atoms with Gasteiger partial charge in [-0.1, -0.05) is 6.07 Å². The maximum Gasteiger partial charge on any atom is 0.204 e. The lowest BCUT2D eigenvalue weighted by molar-refractivity contribution is -0.106. The van der Waals surface area contributed by atoms with Crippen LogP contribution in [0.15, 0.2) is 27.9 Å². The van der Waals surface area contributed by atoms with Crippen molar-refractivity contribution in [2.24, 2.45) is 5.73 Å². The molecule has 0 saturated carbocycles. The van der Waals surface area contributed by atoms with Crippen LogP contribution < -0.4 is 10.5 Å². The van der Waals surface area contributed by atoms with Crippen molar-refractivity contribution < 1.29 is 14.3 Å². The van der Waals surface area contributed by atoms with Gasteiger partial charge in [-0.2, -0.15) is 0 Å². The molecule has 5 nitrogen and oxygen atoms in total. The molecule has 2 aliphatic carbocycles. The van der Waals surface area contributed by atoms with Crippen LogP contribution in [0.3, 0.4) is 0 Å². The number of benzene rings is 1. The van der Waals surface area contributed by atoms with Gasteiger partial charge in [-0.25, -0.2) is 0 Å². The topological polar surface area (TPSA) is 88.5 Å². The molecular formula is C20H26N2O3S. The van der Waals surface area contributed by atoms with Crippen LogP contribution in [-0.4, -0.2) is 11.5 Å². The molecule has 26 heavy (non-hydrogen) atoms. The second kappa shape index (κ2) is 7.76. The third-order valence-corrected chi connectivity index (χ3v) is 5.73. The van der Waals surface area contributed by atoms with E-state index in [4.69, 9.17) is 9.21 Å². The number of hydrogen-bond donors (Lipinski definition) is 3. The zero-order valence-corrected chi connectivity index (χ0v) is 16.1. The normalized spacial score (nSPS) is 15.0. The molecule has 0 fully saturated rings. The minimum atomic E-state index is -0.864. The van der Waals surface area contributed by atoms with Crippen molar-refractivity contribution in [1.82, 2.24) is 0 Å². The van der Waals surface area contributed by atoms with E-state index in [-0.39, 0.29) is 6.41 Å². The van der Waals surface area contributed by atoms with Gasteiger partial charge in [0.15, 0.2) is 5.09 Å². The molecular weight excluding hydrogens is 348 g/mol. The van der Waals surface area contributed by atoms with E-state index in [1.807, 2.05) is 6.07 Å². The van der Waals surface area contributed by atoms with Gasteiger partial charge in [-0.15, -0.1) is 0 Å². The lowest BCUT2D eigenvalue weighted by Crippen LogP contribution is -2.13. The molecule has 1 heterocycles. The van der Waals surface area contributed by atoms with Crippen molar-refractivity contribution in [3.05, 3.63) is 46.2 Å². The Morgan fingerprint density at radius 1 is 1.15 bits per heavy atom. The highest BCUT2D eigenvalue weighted by atomic mass is 32.2. The summed E-state index contributed by atoms with van der Waals surface area (Å²) >= 11 is 1.51. The van der Waals surface area contributed by atoms with Crippen LogP contribution in [0.1, 0.15) is 54.5 Å². The molecule has 0 saturated heterocycles. The Kier molecular flexibility index (Phi) is 5.63. The molecule has 4 N–H and O–H groups in total. The molecule has 1 aromatic carbocycles. The van der Waals surface area contributed by atoms with Gasteiger partial charge in [-0.05, 0) is 80.7 Å². The number of aliphatic hydroxyl groups is 1. The van der Waals surface area contributed by atoms with Crippen LogP contribution in [-0.2, 0) is 36.1 Å². The van der Waals surface area contributed by atoms with Crippen molar-refractivity contribution in [1.29, 1.82) is 0 Å². The number of primary amides is 1. The first-order chi connectivity index (χ1) is 12.4. The number of anilines is 1. The molecule has 1 amide bonds. The van der Waals surface area contributed by atoms with Gasteiger partial charge in [0.1, 0.15) is 0 Å². The third kappa shape index (κ3) is 3.91. The molecule has 1 aromatic heterocycles. The zero-order valence-electron chi connectivity index (χ0n) is 15.3. The standard InChI is InChI=1S/C19H23NO2S.CH3NO/c1-19(2,21)14-10-17(22-11-14)23-20-18-15-7-3-5-12(15)9-13-6-4-8-16(13)18;2-1-3/h9-11,20-21H,3-8H2,1-2H3;1H,(H2,2,3). The van der Waals surface area contributed by atoms with Crippen molar-refractivity contribution >= 4 is 24.0 Å². The van der Waals surface area contributed by atoms with Gasteiger partial charge in [0, 0.05) is 17.5 Å². The van der Waals surface area contributed by atoms with E-state index < -0.39 is 5.60 Å². The monoisotopic (exact) mass is 374 g/mol. The Hall–Kier alpha value is -1.92. The SMILES string of the molecule is CC(C)(O)c1coc(SNc2c3c(cc4c2CCC4)CCC3)c1.NC=O. The summed E-state index contributed by atoms with van der Waals surface area (Å²) in [5, 5.41) is 10.8. The number of furan rings is 1. The fourth-order valence-corrected chi connectivity index (χ4v) is 4.46. The lowest BCUT2D eigenvalue weighted by atomic mass is 9.99. The van der Waals surface area contributed by atoms with E-state index >= 15 is 0 Å². The van der Waals surface area contributed by atoms with E-state index in [2.05, 4.69) is 16.5 Å². The maximum atomic E-state index is 10.1. The summed E-state index contributed by atoms with van der Waals surface area (Å²) < 4.78 is 9.16. The maximum absolute atomic E-state index is 10.1. The molecule has 0 aliphatic heterocycles. The van der Waals surface area contributed by atoms with Crippen molar-refractivity contribution in [3.63, 3.8) is 0 Å². The second-order valence-corrected chi connectivity index (χ2v) is 8.10. The summed E-state index contributed by atoms with van der Waals surface area (Å²) in [6, 6.07) is 4.36. The fourth-order valence-electron chi connectivity index (χ4n) is 3.73. The first-order valence-electron chi connectivity index (χ1n) is 9.00. The number of carbonyl (C=O) groups excluding carboxylic acids is 1. The summed E-state index contributed by atoms with van der Waals surface area (Å²) in [6.45, 7) is 3.55. The van der Waals surface area contributed by atoms with Crippen LogP contribution in [0.2, 0.25) is 0 Å². The molecule has 0 bridgehead atoms. The van der Waals surface area contributed by atoms with E-state index in [1.54, 1.807) is 20.1 Å². The van der Waals surface area contributed by atoms with E-state index in [0.717, 1.165) is 10.7 Å². The van der Waals surface area contributed by atoms with Crippen molar-refractivity contribution in [2.45, 2.75) is 63.1 Å². The van der Waals surface area contributed by atoms with Crippen LogP contribution in [0.4, 0.5) is 5.69 Å². The summed E-state index contributed by atoms with van der Waals surface area (Å²) in [5.41, 5.74) is 11.5. The number of carbonyl (C=O) groups is 1. The number of nitrogens with one attached hydrogen (secondary N) is 1. The molecule has 140 valence electrons. The number of hydrogen-bond acceptors (Lipinski definition) is 5. The highest BCUT2D eigenvalue weighted by Gasteiger charge is 2.24. The highest BCUT2D eigenvalue weighted by Crippen LogP contribution is 2.40. The molecule has 2 aromatic rings. The Bertz CT molecular complexity index is 761. The predicted molar refractivity (Wildman–Crippen MR) is 104 cm³/mol. The lowest BCUT2D eigenvalue weighted by Gasteiger charge is -2.15. The molecule has 6 heteroatoms. The Morgan fingerprint density at radius 3 is 2.23 bits per heavy atom. The van der Waals surface area contributed by atoms with Crippen molar-refractivity contribution in [2.75, 3.05) is 4.72 Å².